The summed E-state index contributed by atoms with van der Waals surface area (Å²) in [6.45, 7) is 4.02. The van der Waals surface area contributed by atoms with Crippen molar-refractivity contribution in [2.24, 2.45) is 0 Å². The lowest BCUT2D eigenvalue weighted by Crippen LogP contribution is -2.14. The second kappa shape index (κ2) is 8.03. The first-order valence-corrected chi connectivity index (χ1v) is 8.47. The van der Waals surface area contributed by atoms with E-state index in [1.54, 1.807) is 18.0 Å². The van der Waals surface area contributed by atoms with E-state index in [2.05, 4.69) is 39.2 Å². The number of hydrogen-bond acceptors (Lipinski definition) is 3. The molecule has 1 heterocycles. The fraction of sp³-hybridized carbons (Fsp3) is 0.267. The maximum Gasteiger partial charge on any atom is 0.115 e. The fourth-order valence-corrected chi connectivity index (χ4v) is 3.40. The van der Waals surface area contributed by atoms with Crippen LogP contribution in [0.3, 0.4) is 0 Å². The van der Waals surface area contributed by atoms with Crippen molar-refractivity contribution in [2.75, 3.05) is 6.54 Å². The van der Waals surface area contributed by atoms with Crippen LogP contribution in [0.25, 0.3) is 0 Å². The third-order valence-corrected chi connectivity index (χ3v) is 4.96. The van der Waals surface area contributed by atoms with Gasteiger partial charge in [0, 0.05) is 22.7 Å². The van der Waals surface area contributed by atoms with Crippen LogP contribution >= 0.6 is 39.3 Å². The predicted molar refractivity (Wildman–Crippen MR) is 89.5 cm³/mol. The molecule has 0 amide bonds. The summed E-state index contributed by atoms with van der Waals surface area (Å²) in [5.74, 6) is 0. The Hall–Kier alpha value is -0.550. The van der Waals surface area contributed by atoms with Gasteiger partial charge in [0.05, 0.1) is 4.47 Å². The third-order valence-electron chi connectivity index (χ3n) is 2.70. The average molecular weight is 372 g/mol. The molecule has 0 fully saturated rings. The Labute approximate surface area is 137 Å². The van der Waals surface area contributed by atoms with Crippen LogP contribution in [-0.2, 0) is 6.54 Å². The molecule has 0 spiro atoms. The Morgan fingerprint density at radius 1 is 1.35 bits per heavy atom. The van der Waals surface area contributed by atoms with E-state index in [0.29, 0.717) is 0 Å². The van der Waals surface area contributed by atoms with Crippen LogP contribution in [0.4, 0.5) is 0 Å². The summed E-state index contributed by atoms with van der Waals surface area (Å²) in [6, 6.07) is 9.91. The molecule has 1 N–H and O–H groups in total. The molecular weight excluding hydrogens is 356 g/mol. The van der Waals surface area contributed by atoms with Crippen molar-refractivity contribution in [1.29, 1.82) is 0 Å². The van der Waals surface area contributed by atoms with Gasteiger partial charge in [-0.05, 0) is 58.7 Å². The fourth-order valence-electron chi connectivity index (χ4n) is 1.72. The van der Waals surface area contributed by atoms with Gasteiger partial charge in [-0.15, -0.1) is 0 Å². The van der Waals surface area contributed by atoms with Crippen molar-refractivity contribution in [3.63, 3.8) is 0 Å². The predicted octanol–water partition coefficient (Wildman–Crippen LogP) is 5.15. The Morgan fingerprint density at radius 2 is 2.20 bits per heavy atom. The molecule has 2 aromatic rings. The summed E-state index contributed by atoms with van der Waals surface area (Å²) >= 11 is 11.3. The molecule has 20 heavy (non-hydrogen) atoms. The van der Waals surface area contributed by atoms with E-state index in [1.165, 1.54) is 5.56 Å². The van der Waals surface area contributed by atoms with Crippen LogP contribution in [-0.4, -0.2) is 11.5 Å². The smallest absolute Gasteiger partial charge is 0.115 e. The molecule has 0 aliphatic rings. The van der Waals surface area contributed by atoms with E-state index in [4.69, 9.17) is 11.6 Å². The Bertz CT molecular complexity index is 578. The lowest BCUT2D eigenvalue weighted by atomic mass is 10.2. The van der Waals surface area contributed by atoms with Crippen LogP contribution in [0.2, 0.25) is 5.02 Å². The highest BCUT2D eigenvalue weighted by Crippen LogP contribution is 2.35. The summed E-state index contributed by atoms with van der Waals surface area (Å²) in [4.78, 5) is 5.53. The summed E-state index contributed by atoms with van der Waals surface area (Å²) < 4.78 is 0.998. The van der Waals surface area contributed by atoms with Crippen molar-refractivity contribution < 1.29 is 0 Å². The zero-order chi connectivity index (χ0) is 14.4. The van der Waals surface area contributed by atoms with E-state index in [0.717, 1.165) is 38.9 Å². The summed E-state index contributed by atoms with van der Waals surface area (Å²) in [6.07, 6.45) is 2.93. The molecule has 0 bridgehead atoms. The molecule has 0 saturated heterocycles. The Kier molecular flexibility index (Phi) is 6.36. The minimum Gasteiger partial charge on any atom is -0.313 e. The average Bonchev–Trinajstić information content (AvgIpc) is 2.44. The van der Waals surface area contributed by atoms with Gasteiger partial charge in [-0.3, -0.25) is 0 Å². The molecule has 0 saturated carbocycles. The van der Waals surface area contributed by atoms with Gasteiger partial charge in [0.15, 0.2) is 0 Å². The van der Waals surface area contributed by atoms with Crippen LogP contribution in [0.15, 0.2) is 50.9 Å². The molecule has 0 radical (unpaired) electrons. The SMILES string of the molecule is CCCNCc1ccc(Cl)cc1Sc1ncccc1Br. The lowest BCUT2D eigenvalue weighted by molar-refractivity contribution is 0.669. The van der Waals surface area contributed by atoms with Gasteiger partial charge in [-0.2, -0.15) is 0 Å². The molecule has 2 rings (SSSR count). The number of benzene rings is 1. The minimum absolute atomic E-state index is 0.749. The van der Waals surface area contributed by atoms with Gasteiger partial charge >= 0.3 is 0 Å². The van der Waals surface area contributed by atoms with Gasteiger partial charge < -0.3 is 5.32 Å². The largest absolute Gasteiger partial charge is 0.313 e. The number of nitrogens with one attached hydrogen (secondary N) is 1. The maximum absolute atomic E-state index is 6.12. The second-order valence-electron chi connectivity index (χ2n) is 4.32. The quantitative estimate of drug-likeness (QED) is 0.711. The monoisotopic (exact) mass is 370 g/mol. The summed E-state index contributed by atoms with van der Waals surface area (Å²) in [7, 11) is 0. The maximum atomic E-state index is 6.12. The van der Waals surface area contributed by atoms with Crippen molar-refractivity contribution >= 4 is 39.3 Å². The highest BCUT2D eigenvalue weighted by Gasteiger charge is 2.08. The van der Waals surface area contributed by atoms with E-state index in [1.807, 2.05) is 24.3 Å². The van der Waals surface area contributed by atoms with E-state index in [9.17, 15) is 0 Å². The van der Waals surface area contributed by atoms with Crippen molar-refractivity contribution in [3.05, 3.63) is 51.6 Å². The molecule has 106 valence electrons. The zero-order valence-electron chi connectivity index (χ0n) is 11.2. The van der Waals surface area contributed by atoms with E-state index >= 15 is 0 Å². The first kappa shape index (κ1) is 15.8. The first-order chi connectivity index (χ1) is 9.70. The molecule has 0 aliphatic carbocycles. The van der Waals surface area contributed by atoms with Crippen LogP contribution in [0.1, 0.15) is 18.9 Å². The normalized spacial score (nSPS) is 10.8. The lowest BCUT2D eigenvalue weighted by Gasteiger charge is -2.11. The summed E-state index contributed by atoms with van der Waals surface area (Å²) in [5.41, 5.74) is 1.24. The van der Waals surface area contributed by atoms with E-state index < -0.39 is 0 Å². The topological polar surface area (TPSA) is 24.9 Å². The third kappa shape index (κ3) is 4.48. The van der Waals surface area contributed by atoms with Crippen molar-refractivity contribution in [2.45, 2.75) is 29.8 Å². The highest BCUT2D eigenvalue weighted by atomic mass is 79.9. The molecular formula is C15H16BrClN2S. The molecule has 5 heteroatoms. The van der Waals surface area contributed by atoms with Gasteiger partial charge in [-0.25, -0.2) is 4.98 Å². The minimum atomic E-state index is 0.749. The number of hydrogen-bond donors (Lipinski definition) is 1. The molecule has 1 aromatic carbocycles. The number of halogens is 2. The number of rotatable bonds is 6. The van der Waals surface area contributed by atoms with Gasteiger partial charge in [0.1, 0.15) is 5.03 Å². The second-order valence-corrected chi connectivity index (χ2v) is 6.64. The number of pyridine rings is 1. The molecule has 0 atom stereocenters. The van der Waals surface area contributed by atoms with Gasteiger partial charge in [0.25, 0.3) is 0 Å². The Morgan fingerprint density at radius 3 is 2.95 bits per heavy atom. The van der Waals surface area contributed by atoms with Gasteiger partial charge in [0.2, 0.25) is 0 Å². The van der Waals surface area contributed by atoms with Crippen molar-refractivity contribution in [3.8, 4) is 0 Å². The number of nitrogens with zero attached hydrogens (tertiary/aromatic N) is 1. The first-order valence-electron chi connectivity index (χ1n) is 6.48. The highest BCUT2D eigenvalue weighted by molar-refractivity contribution is 9.10. The molecule has 0 unspecified atom stereocenters. The standard InChI is InChI=1S/C15H16BrClN2S/c1-2-7-18-10-11-5-6-12(17)9-14(11)20-15-13(16)4-3-8-19-15/h3-6,8-9,18H,2,7,10H2,1H3. The van der Waals surface area contributed by atoms with Crippen LogP contribution in [0.5, 0.6) is 0 Å². The van der Waals surface area contributed by atoms with Crippen LogP contribution in [0, 0.1) is 0 Å². The van der Waals surface area contributed by atoms with Crippen LogP contribution < -0.4 is 5.32 Å². The summed E-state index contributed by atoms with van der Waals surface area (Å²) in [5, 5.41) is 5.12. The Balaban J connectivity index is 2.21. The molecule has 1 aromatic heterocycles. The zero-order valence-corrected chi connectivity index (χ0v) is 14.4. The van der Waals surface area contributed by atoms with Crippen molar-refractivity contribution in [1.82, 2.24) is 10.3 Å². The van der Waals surface area contributed by atoms with Gasteiger partial charge in [-0.1, -0.05) is 36.4 Å². The number of aromatic nitrogens is 1. The molecule has 2 nitrogen and oxygen atoms in total. The molecule has 0 aliphatic heterocycles. The van der Waals surface area contributed by atoms with E-state index in [-0.39, 0.29) is 0 Å².